The van der Waals surface area contributed by atoms with Gasteiger partial charge in [0, 0.05) is 35.4 Å². The molecular weight excluding hydrogens is 358 g/mol. The molecule has 7 heteroatoms. The number of hydrogen-bond donors (Lipinski definition) is 2. The first-order chi connectivity index (χ1) is 13.2. The van der Waals surface area contributed by atoms with Crippen LogP contribution in [-0.4, -0.2) is 40.6 Å². The Morgan fingerprint density at radius 3 is 2.59 bits per heavy atom. The molecule has 1 aliphatic heterocycles. The maximum Gasteiger partial charge on any atom is 0.229 e. The van der Waals surface area contributed by atoms with Crippen LogP contribution in [0.1, 0.15) is 0 Å². The fraction of sp³-hybridized carbons (Fsp3) is 0.200. The Labute approximate surface area is 164 Å². The molecule has 0 unspecified atom stereocenters. The maximum atomic E-state index is 6.15. The van der Waals surface area contributed by atoms with Gasteiger partial charge in [-0.25, -0.2) is 9.29 Å². The molecule has 1 aromatic heterocycles. The first-order valence-corrected chi connectivity index (χ1v) is 9.42. The lowest BCUT2D eigenvalue weighted by molar-refractivity contribution is 0.0773. The predicted octanol–water partition coefficient (Wildman–Crippen LogP) is 3.73. The van der Waals surface area contributed by atoms with Crippen LogP contribution in [0.4, 0.5) is 11.8 Å². The van der Waals surface area contributed by atoms with E-state index in [4.69, 9.17) is 10.5 Å². The summed E-state index contributed by atoms with van der Waals surface area (Å²) in [5.74, 6) is 0.840. The number of nitrogens with zero attached hydrogens (tertiary/aromatic N) is 3. The third-order valence-electron chi connectivity index (χ3n) is 3.96. The van der Waals surface area contributed by atoms with Crippen molar-refractivity contribution in [3.63, 3.8) is 0 Å². The van der Waals surface area contributed by atoms with Crippen molar-refractivity contribution in [3.8, 4) is 11.1 Å². The number of ether oxygens (including phenoxy) is 1. The van der Waals surface area contributed by atoms with E-state index >= 15 is 0 Å². The van der Waals surface area contributed by atoms with Crippen LogP contribution in [0.2, 0.25) is 0 Å². The average molecular weight is 382 g/mol. The zero-order valence-corrected chi connectivity index (χ0v) is 15.9. The summed E-state index contributed by atoms with van der Waals surface area (Å²) >= 11 is 1.75. The van der Waals surface area contributed by atoms with Crippen molar-refractivity contribution in [2.24, 2.45) is 0 Å². The van der Waals surface area contributed by atoms with E-state index in [1.54, 1.807) is 36.4 Å². The molecule has 0 atom stereocenters. The number of morpholine rings is 1. The topological polar surface area (TPSA) is 76.3 Å². The fourth-order valence-electron chi connectivity index (χ4n) is 2.58. The molecular formula is C20H23N5OS. The molecule has 0 aliphatic carbocycles. The minimum absolute atomic E-state index is 0.420. The molecule has 1 fully saturated rings. The Hall–Kier alpha value is -2.61. The summed E-state index contributed by atoms with van der Waals surface area (Å²) in [6.45, 7) is 10.9. The minimum atomic E-state index is 0.420. The van der Waals surface area contributed by atoms with Crippen molar-refractivity contribution in [1.82, 2.24) is 14.3 Å². The quantitative estimate of drug-likeness (QED) is 0.559. The normalized spacial score (nSPS) is 15.3. The van der Waals surface area contributed by atoms with Gasteiger partial charge >= 0.3 is 0 Å². The Kier molecular flexibility index (Phi) is 6.64. The second-order valence-electron chi connectivity index (χ2n) is 5.84. The lowest BCUT2D eigenvalue weighted by Gasteiger charge is -2.25. The van der Waals surface area contributed by atoms with Crippen LogP contribution in [0.15, 0.2) is 72.4 Å². The number of nitrogens with one attached hydrogen (secondary N) is 1. The van der Waals surface area contributed by atoms with Gasteiger partial charge in [-0.15, -0.1) is 0 Å². The standard InChI is InChI=1S/C20H23N5OS/c1-3-5-16(4-2)23-20-22-14-18(19(21)24-20)15-6-8-17(9-7-15)27-25-10-12-26-13-11-25/h3-9,14H,1-2,10-13H2,(H3,21,22,23,24)/b16-5+. The Balaban J connectivity index is 1.71. The van der Waals surface area contributed by atoms with E-state index in [0.717, 1.165) is 43.1 Å². The summed E-state index contributed by atoms with van der Waals surface area (Å²) in [4.78, 5) is 9.87. The van der Waals surface area contributed by atoms with Crippen molar-refractivity contribution >= 4 is 23.7 Å². The summed E-state index contributed by atoms with van der Waals surface area (Å²) in [7, 11) is 0. The molecule has 1 saturated heterocycles. The van der Waals surface area contributed by atoms with Crippen LogP contribution in [0.25, 0.3) is 11.1 Å². The molecule has 0 radical (unpaired) electrons. The second-order valence-corrected chi connectivity index (χ2v) is 7.01. The van der Waals surface area contributed by atoms with Gasteiger partial charge in [-0.1, -0.05) is 31.4 Å². The van der Waals surface area contributed by atoms with Crippen molar-refractivity contribution in [2.45, 2.75) is 4.90 Å². The van der Waals surface area contributed by atoms with Gasteiger partial charge in [0.1, 0.15) is 5.82 Å². The van der Waals surface area contributed by atoms with E-state index in [1.807, 2.05) is 12.1 Å². The SMILES string of the molecule is C=C/C=C(\C=C)Nc1ncc(-c2ccc(SN3CCOCC3)cc2)c(N)n1. The average Bonchev–Trinajstić information content (AvgIpc) is 2.69. The van der Waals surface area contributed by atoms with Gasteiger partial charge < -0.3 is 15.8 Å². The molecule has 0 bridgehead atoms. The summed E-state index contributed by atoms with van der Waals surface area (Å²) in [6, 6.07) is 8.25. The van der Waals surface area contributed by atoms with Crippen molar-refractivity contribution in [2.75, 3.05) is 37.4 Å². The van der Waals surface area contributed by atoms with E-state index < -0.39 is 0 Å². The number of anilines is 2. The molecule has 2 aromatic rings. The Morgan fingerprint density at radius 2 is 1.96 bits per heavy atom. The van der Waals surface area contributed by atoms with Crippen molar-refractivity contribution < 1.29 is 4.74 Å². The Morgan fingerprint density at radius 1 is 1.22 bits per heavy atom. The molecule has 3 N–H and O–H groups in total. The van der Waals surface area contributed by atoms with Gasteiger partial charge in [-0.2, -0.15) is 4.98 Å². The smallest absolute Gasteiger partial charge is 0.229 e. The third kappa shape index (κ3) is 5.19. The monoisotopic (exact) mass is 381 g/mol. The minimum Gasteiger partial charge on any atom is -0.383 e. The highest BCUT2D eigenvalue weighted by Gasteiger charge is 2.12. The molecule has 0 saturated carbocycles. The number of rotatable bonds is 7. The lowest BCUT2D eigenvalue weighted by atomic mass is 10.1. The van der Waals surface area contributed by atoms with Crippen LogP contribution in [0.3, 0.4) is 0 Å². The first kappa shape index (κ1) is 19.2. The van der Waals surface area contributed by atoms with Crippen LogP contribution in [0.5, 0.6) is 0 Å². The zero-order chi connectivity index (χ0) is 19.1. The molecule has 0 amide bonds. The summed E-state index contributed by atoms with van der Waals surface area (Å²) in [6.07, 6.45) is 6.84. The number of nitrogens with two attached hydrogens (primary N) is 1. The summed E-state index contributed by atoms with van der Waals surface area (Å²) < 4.78 is 7.69. The number of hydrogen-bond acceptors (Lipinski definition) is 7. The Bertz CT molecular complexity index is 829. The highest BCUT2D eigenvalue weighted by Crippen LogP contribution is 2.29. The summed E-state index contributed by atoms with van der Waals surface area (Å²) in [5, 5.41) is 3.05. The van der Waals surface area contributed by atoms with Gasteiger partial charge in [0.2, 0.25) is 5.95 Å². The van der Waals surface area contributed by atoms with E-state index in [9.17, 15) is 0 Å². The molecule has 6 nitrogen and oxygen atoms in total. The number of benzene rings is 1. The van der Waals surface area contributed by atoms with E-state index in [-0.39, 0.29) is 0 Å². The van der Waals surface area contributed by atoms with Gasteiger partial charge in [0.25, 0.3) is 0 Å². The molecule has 3 rings (SSSR count). The number of nitrogen functional groups attached to an aromatic ring is 1. The van der Waals surface area contributed by atoms with Crippen LogP contribution >= 0.6 is 11.9 Å². The number of allylic oxidation sites excluding steroid dienone is 3. The third-order valence-corrected chi connectivity index (χ3v) is 5.07. The highest BCUT2D eigenvalue weighted by molar-refractivity contribution is 7.97. The first-order valence-electron chi connectivity index (χ1n) is 8.65. The van der Waals surface area contributed by atoms with E-state index in [2.05, 4.69) is 44.9 Å². The highest BCUT2D eigenvalue weighted by atomic mass is 32.2. The lowest BCUT2D eigenvalue weighted by Crippen LogP contribution is -2.30. The largest absolute Gasteiger partial charge is 0.383 e. The van der Waals surface area contributed by atoms with E-state index in [1.165, 1.54) is 4.90 Å². The molecule has 1 aromatic carbocycles. The van der Waals surface area contributed by atoms with E-state index in [0.29, 0.717) is 11.8 Å². The molecule has 2 heterocycles. The van der Waals surface area contributed by atoms with Gasteiger partial charge in [-0.3, -0.25) is 0 Å². The molecule has 27 heavy (non-hydrogen) atoms. The van der Waals surface area contributed by atoms with Gasteiger partial charge in [-0.05, 0) is 41.8 Å². The van der Waals surface area contributed by atoms with Crippen LogP contribution in [-0.2, 0) is 4.74 Å². The molecule has 1 aliphatic rings. The van der Waals surface area contributed by atoms with Crippen molar-refractivity contribution in [1.29, 1.82) is 0 Å². The predicted molar refractivity (Wildman–Crippen MR) is 112 cm³/mol. The van der Waals surface area contributed by atoms with Crippen LogP contribution in [0, 0.1) is 0 Å². The number of aromatic nitrogens is 2. The fourth-order valence-corrected chi connectivity index (χ4v) is 3.46. The zero-order valence-electron chi connectivity index (χ0n) is 15.1. The van der Waals surface area contributed by atoms with Gasteiger partial charge in [0.05, 0.1) is 13.2 Å². The maximum absolute atomic E-state index is 6.15. The molecule has 140 valence electrons. The molecule has 0 spiro atoms. The summed E-state index contributed by atoms with van der Waals surface area (Å²) in [5.41, 5.74) is 8.68. The van der Waals surface area contributed by atoms with Crippen LogP contribution < -0.4 is 11.1 Å². The van der Waals surface area contributed by atoms with Crippen molar-refractivity contribution in [3.05, 3.63) is 67.5 Å². The van der Waals surface area contributed by atoms with Gasteiger partial charge in [0.15, 0.2) is 0 Å². The second kappa shape index (κ2) is 9.36.